The molecule has 2 atom stereocenters. The van der Waals surface area contributed by atoms with E-state index in [0.29, 0.717) is 18.0 Å². The zero-order chi connectivity index (χ0) is 25.1. The minimum Gasteiger partial charge on any atom is -0.395 e. The largest absolute Gasteiger partial charge is 0.395 e. The highest BCUT2D eigenvalue weighted by atomic mass is 32.2. The first-order valence-corrected chi connectivity index (χ1v) is 13.4. The Morgan fingerprint density at radius 3 is 2.29 bits per heavy atom. The summed E-state index contributed by atoms with van der Waals surface area (Å²) in [6.45, 7) is 9.87. The van der Waals surface area contributed by atoms with Crippen molar-refractivity contribution in [1.29, 1.82) is 0 Å². The summed E-state index contributed by atoms with van der Waals surface area (Å²) in [4.78, 5) is 24.4. The van der Waals surface area contributed by atoms with E-state index in [4.69, 9.17) is 0 Å². The monoisotopic (exact) mass is 491 g/mol. The number of rotatable bonds is 7. The molecule has 1 saturated carbocycles. The minimum absolute atomic E-state index is 0.0244. The number of aliphatic hydroxyl groups is 1. The Kier molecular flexibility index (Phi) is 8.21. The number of anilines is 1. The Labute approximate surface area is 202 Å². The molecular formula is C25H37N3O5S. The van der Waals surface area contributed by atoms with Crippen LogP contribution in [0, 0.1) is 17.3 Å². The van der Waals surface area contributed by atoms with E-state index in [0.717, 1.165) is 31.8 Å². The van der Waals surface area contributed by atoms with E-state index < -0.39 is 22.1 Å². The Morgan fingerprint density at radius 2 is 1.76 bits per heavy atom. The molecule has 9 heteroatoms. The van der Waals surface area contributed by atoms with Crippen LogP contribution in [0.2, 0.25) is 0 Å². The van der Waals surface area contributed by atoms with Gasteiger partial charge in [-0.1, -0.05) is 27.4 Å². The quantitative estimate of drug-likeness (QED) is 0.507. The summed E-state index contributed by atoms with van der Waals surface area (Å²) < 4.78 is 27.6. The van der Waals surface area contributed by atoms with Crippen LogP contribution in [0.4, 0.5) is 5.69 Å². The zero-order valence-corrected chi connectivity index (χ0v) is 21.1. The normalized spacial score (nSPS) is 26.1. The van der Waals surface area contributed by atoms with E-state index in [1.165, 1.54) is 16.4 Å². The molecular weight excluding hydrogens is 454 g/mol. The number of aliphatic hydroxyl groups excluding tert-OH is 1. The van der Waals surface area contributed by atoms with Crippen molar-refractivity contribution in [2.24, 2.45) is 17.3 Å². The molecule has 0 aromatic heterocycles. The predicted octanol–water partition coefficient (Wildman–Crippen LogP) is 2.90. The number of nitrogens with one attached hydrogen (secondary N) is 2. The van der Waals surface area contributed by atoms with Crippen LogP contribution in [0.15, 0.2) is 41.8 Å². The van der Waals surface area contributed by atoms with Crippen molar-refractivity contribution in [3.8, 4) is 0 Å². The molecule has 1 heterocycles. The van der Waals surface area contributed by atoms with Crippen molar-refractivity contribution in [3.05, 3.63) is 36.9 Å². The lowest BCUT2D eigenvalue weighted by Gasteiger charge is -2.36. The lowest BCUT2D eigenvalue weighted by atomic mass is 9.69. The van der Waals surface area contributed by atoms with E-state index in [-0.39, 0.29) is 41.2 Å². The molecule has 3 N–H and O–H groups in total. The highest BCUT2D eigenvalue weighted by Gasteiger charge is 2.40. The number of nitrogens with zero attached hydrogens (tertiary/aromatic N) is 1. The van der Waals surface area contributed by atoms with Gasteiger partial charge in [0.2, 0.25) is 21.8 Å². The van der Waals surface area contributed by atoms with Crippen molar-refractivity contribution in [2.75, 3.05) is 18.5 Å². The smallest absolute Gasteiger partial charge is 0.243 e. The third-order valence-corrected chi connectivity index (χ3v) is 9.09. The van der Waals surface area contributed by atoms with Crippen molar-refractivity contribution in [3.63, 3.8) is 0 Å². The van der Waals surface area contributed by atoms with Crippen LogP contribution in [-0.2, 0) is 19.6 Å². The summed E-state index contributed by atoms with van der Waals surface area (Å²) in [7, 11) is -3.88. The van der Waals surface area contributed by atoms with Gasteiger partial charge in [0.15, 0.2) is 0 Å². The molecule has 0 spiro atoms. The van der Waals surface area contributed by atoms with Crippen molar-refractivity contribution < 1.29 is 23.1 Å². The number of amides is 2. The predicted molar refractivity (Wildman–Crippen MR) is 131 cm³/mol. The number of sulfonamides is 1. The molecule has 3 rings (SSSR count). The second-order valence-corrected chi connectivity index (χ2v) is 12.4. The third kappa shape index (κ3) is 6.06. The average molecular weight is 492 g/mol. The van der Waals surface area contributed by atoms with Crippen LogP contribution < -0.4 is 10.6 Å². The highest BCUT2D eigenvalue weighted by molar-refractivity contribution is 7.89. The number of hydrogen-bond acceptors (Lipinski definition) is 5. The first-order valence-electron chi connectivity index (χ1n) is 11.9. The summed E-state index contributed by atoms with van der Waals surface area (Å²) in [6, 6.07) is 5.09. The van der Waals surface area contributed by atoms with Gasteiger partial charge in [-0.05, 0) is 73.8 Å². The summed E-state index contributed by atoms with van der Waals surface area (Å²) in [5, 5.41) is 15.3. The van der Waals surface area contributed by atoms with Crippen molar-refractivity contribution in [1.82, 2.24) is 9.62 Å². The van der Waals surface area contributed by atoms with E-state index in [9.17, 15) is 23.1 Å². The first-order chi connectivity index (χ1) is 16.0. The fraction of sp³-hybridized carbons (Fsp3) is 0.600. The fourth-order valence-electron chi connectivity index (χ4n) is 5.02. The molecule has 2 fully saturated rings. The molecule has 0 bridgehead atoms. The lowest BCUT2D eigenvalue weighted by Crippen LogP contribution is -2.39. The van der Waals surface area contributed by atoms with Gasteiger partial charge in [-0.25, -0.2) is 8.42 Å². The molecule has 1 aromatic carbocycles. The van der Waals surface area contributed by atoms with Gasteiger partial charge in [-0.15, -0.1) is 0 Å². The molecule has 188 valence electrons. The van der Waals surface area contributed by atoms with Gasteiger partial charge in [-0.2, -0.15) is 4.31 Å². The van der Waals surface area contributed by atoms with Gasteiger partial charge >= 0.3 is 0 Å². The fourth-order valence-corrected chi connectivity index (χ4v) is 6.70. The Bertz CT molecular complexity index is 992. The maximum atomic E-state index is 13.2. The molecule has 1 saturated heterocycles. The molecule has 8 nitrogen and oxygen atoms in total. The zero-order valence-electron chi connectivity index (χ0n) is 20.3. The number of hydrogen-bond donors (Lipinski definition) is 3. The molecule has 2 amide bonds. The number of carbonyl (C=O) groups is 2. The van der Waals surface area contributed by atoms with Crippen LogP contribution in [0.25, 0.3) is 0 Å². The van der Waals surface area contributed by atoms with E-state index in [1.807, 2.05) is 0 Å². The summed E-state index contributed by atoms with van der Waals surface area (Å²) in [6.07, 6.45) is 5.25. The minimum atomic E-state index is -3.88. The van der Waals surface area contributed by atoms with Gasteiger partial charge < -0.3 is 15.7 Å². The van der Waals surface area contributed by atoms with Gasteiger partial charge in [0.05, 0.1) is 17.5 Å². The van der Waals surface area contributed by atoms with Gasteiger partial charge in [0, 0.05) is 24.2 Å². The van der Waals surface area contributed by atoms with E-state index in [2.05, 4.69) is 38.0 Å². The van der Waals surface area contributed by atoms with Gasteiger partial charge in [0.1, 0.15) is 0 Å². The maximum absolute atomic E-state index is 13.2. The van der Waals surface area contributed by atoms with Crippen molar-refractivity contribution >= 4 is 27.5 Å². The van der Waals surface area contributed by atoms with Crippen LogP contribution in [0.1, 0.15) is 52.9 Å². The molecule has 2 aliphatic rings. The van der Waals surface area contributed by atoms with Crippen LogP contribution in [0.5, 0.6) is 0 Å². The summed E-state index contributed by atoms with van der Waals surface area (Å²) in [5.41, 5.74) is 0.808. The maximum Gasteiger partial charge on any atom is 0.243 e. The molecule has 0 radical (unpaired) electrons. The average Bonchev–Trinajstić information content (AvgIpc) is 3.22. The van der Waals surface area contributed by atoms with Crippen LogP contribution >= 0.6 is 0 Å². The number of benzene rings is 1. The highest BCUT2D eigenvalue weighted by Crippen LogP contribution is 2.40. The van der Waals surface area contributed by atoms with Crippen LogP contribution in [0.3, 0.4) is 0 Å². The Morgan fingerprint density at radius 1 is 1.15 bits per heavy atom. The van der Waals surface area contributed by atoms with Gasteiger partial charge in [0.25, 0.3) is 0 Å². The summed E-state index contributed by atoms with van der Waals surface area (Å²) >= 11 is 0. The number of carbonyl (C=O) groups excluding carboxylic acids is 2. The standard InChI is InChI=1S/C25H37N3O5S/c1-5-23(30)26-20-14-21(16-29)28(15-20)34(32,33)22-12-10-19(11-13-22)27-24(31)17-6-8-18(9-7-17)25(2,3)4/h5,10-13,17-18,20-21,29H,1,6-9,14-16H2,2-4H3,(H,26,30)(H,27,31). The lowest BCUT2D eigenvalue weighted by molar-refractivity contribution is -0.121. The molecule has 1 aliphatic heterocycles. The molecule has 34 heavy (non-hydrogen) atoms. The molecule has 2 unspecified atom stereocenters. The second kappa shape index (κ2) is 10.6. The Hall–Kier alpha value is -2.23. The van der Waals surface area contributed by atoms with E-state index in [1.54, 1.807) is 12.1 Å². The Balaban J connectivity index is 1.62. The topological polar surface area (TPSA) is 116 Å². The van der Waals surface area contributed by atoms with Gasteiger partial charge in [-0.3, -0.25) is 9.59 Å². The van der Waals surface area contributed by atoms with Crippen molar-refractivity contribution in [2.45, 2.75) is 69.9 Å². The van der Waals surface area contributed by atoms with Crippen LogP contribution in [-0.4, -0.2) is 54.9 Å². The molecule has 1 aliphatic carbocycles. The SMILES string of the molecule is C=CC(=O)NC1CC(CO)N(S(=O)(=O)c2ccc(NC(=O)C3CCC(C(C)(C)C)CC3)cc2)C1. The third-order valence-electron chi connectivity index (χ3n) is 7.16. The first kappa shape index (κ1) is 26.4. The molecule has 1 aromatic rings. The summed E-state index contributed by atoms with van der Waals surface area (Å²) in [5.74, 6) is 0.190. The van der Waals surface area contributed by atoms with E-state index >= 15 is 0 Å². The second-order valence-electron chi connectivity index (χ2n) is 10.5.